The van der Waals surface area contributed by atoms with Crippen molar-refractivity contribution in [1.29, 1.82) is 0 Å². The molecule has 2 heterocycles. The summed E-state index contributed by atoms with van der Waals surface area (Å²) >= 11 is 0. The molecule has 1 N–H and O–H groups in total. The minimum atomic E-state index is 0.466. The van der Waals surface area contributed by atoms with Crippen LogP contribution in [0.25, 0.3) is 0 Å². The van der Waals surface area contributed by atoms with Gasteiger partial charge < -0.3 is 10.2 Å². The minimum Gasteiger partial charge on any atom is -0.341 e. The largest absolute Gasteiger partial charge is 0.341 e. The first-order valence-electron chi connectivity index (χ1n) is 6.74. The molecule has 4 nitrogen and oxygen atoms in total. The molecule has 1 aromatic heterocycles. The van der Waals surface area contributed by atoms with E-state index in [0.717, 1.165) is 37.0 Å². The zero-order valence-electron chi connectivity index (χ0n) is 12.0. The van der Waals surface area contributed by atoms with Crippen molar-refractivity contribution < 1.29 is 0 Å². The van der Waals surface area contributed by atoms with Crippen LogP contribution in [-0.2, 0) is 6.54 Å². The van der Waals surface area contributed by atoms with Crippen molar-refractivity contribution in [3.8, 4) is 0 Å². The monoisotopic (exact) mass is 248 g/mol. The Bertz CT molecular complexity index is 404. The molecule has 0 amide bonds. The Morgan fingerprint density at radius 1 is 1.28 bits per heavy atom. The predicted molar refractivity (Wildman–Crippen MR) is 74.8 cm³/mol. The number of piperidine rings is 1. The molecule has 1 aromatic rings. The standard InChI is InChI=1S/C14H24N4/c1-11-9-12(10-15-4)17-13(16-11)18-7-5-14(2,3)6-8-18/h9,15H,5-8,10H2,1-4H3. The summed E-state index contributed by atoms with van der Waals surface area (Å²) in [7, 11) is 1.94. The Balaban J connectivity index is 2.13. The van der Waals surface area contributed by atoms with Gasteiger partial charge in [0.25, 0.3) is 0 Å². The van der Waals surface area contributed by atoms with Gasteiger partial charge in [-0.15, -0.1) is 0 Å². The topological polar surface area (TPSA) is 41.1 Å². The van der Waals surface area contributed by atoms with E-state index in [1.165, 1.54) is 12.8 Å². The SMILES string of the molecule is CNCc1cc(C)nc(N2CCC(C)(C)CC2)n1. The molecule has 1 aliphatic heterocycles. The van der Waals surface area contributed by atoms with Gasteiger partial charge in [0.2, 0.25) is 5.95 Å². The molecule has 0 saturated carbocycles. The Hall–Kier alpha value is -1.16. The van der Waals surface area contributed by atoms with Gasteiger partial charge in [0.15, 0.2) is 0 Å². The second-order valence-electron chi connectivity index (χ2n) is 5.98. The van der Waals surface area contributed by atoms with Crippen molar-refractivity contribution in [2.45, 2.75) is 40.2 Å². The molecule has 4 heteroatoms. The van der Waals surface area contributed by atoms with Gasteiger partial charge in [-0.2, -0.15) is 0 Å². The highest BCUT2D eigenvalue weighted by molar-refractivity contribution is 5.33. The van der Waals surface area contributed by atoms with Crippen LogP contribution in [0.1, 0.15) is 38.1 Å². The summed E-state index contributed by atoms with van der Waals surface area (Å²) in [5, 5.41) is 3.15. The maximum Gasteiger partial charge on any atom is 0.225 e. The Labute approximate surface area is 110 Å². The highest BCUT2D eigenvalue weighted by Crippen LogP contribution is 2.31. The van der Waals surface area contributed by atoms with Gasteiger partial charge in [-0.1, -0.05) is 13.8 Å². The van der Waals surface area contributed by atoms with E-state index in [0.29, 0.717) is 5.41 Å². The average Bonchev–Trinajstić information content (AvgIpc) is 2.28. The van der Waals surface area contributed by atoms with E-state index in [1.807, 2.05) is 20.0 Å². The van der Waals surface area contributed by atoms with E-state index in [9.17, 15) is 0 Å². The molecule has 100 valence electrons. The molecule has 18 heavy (non-hydrogen) atoms. The van der Waals surface area contributed by atoms with E-state index < -0.39 is 0 Å². The van der Waals surface area contributed by atoms with Crippen molar-refractivity contribution in [1.82, 2.24) is 15.3 Å². The fourth-order valence-electron chi connectivity index (χ4n) is 2.34. The van der Waals surface area contributed by atoms with Crippen LogP contribution in [0.4, 0.5) is 5.95 Å². The van der Waals surface area contributed by atoms with E-state index in [4.69, 9.17) is 0 Å². The van der Waals surface area contributed by atoms with Gasteiger partial charge in [0.05, 0.1) is 5.69 Å². The molecule has 1 saturated heterocycles. The van der Waals surface area contributed by atoms with E-state index in [-0.39, 0.29) is 0 Å². The minimum absolute atomic E-state index is 0.466. The highest BCUT2D eigenvalue weighted by Gasteiger charge is 2.26. The normalized spacial score (nSPS) is 19.0. The molecule has 0 aliphatic carbocycles. The van der Waals surface area contributed by atoms with Crippen LogP contribution in [0.15, 0.2) is 6.07 Å². The van der Waals surface area contributed by atoms with Gasteiger partial charge in [0.1, 0.15) is 0 Å². The summed E-state index contributed by atoms with van der Waals surface area (Å²) in [6, 6.07) is 2.05. The van der Waals surface area contributed by atoms with Crippen molar-refractivity contribution in [3.63, 3.8) is 0 Å². The Morgan fingerprint density at radius 3 is 2.56 bits per heavy atom. The second kappa shape index (κ2) is 5.22. The number of aryl methyl sites for hydroxylation is 1. The quantitative estimate of drug-likeness (QED) is 0.889. The molecule has 2 rings (SSSR count). The first kappa shape index (κ1) is 13.3. The fraction of sp³-hybridized carbons (Fsp3) is 0.714. The molecule has 0 radical (unpaired) electrons. The van der Waals surface area contributed by atoms with Crippen molar-refractivity contribution in [2.75, 3.05) is 25.0 Å². The number of nitrogens with zero attached hydrogens (tertiary/aromatic N) is 3. The maximum absolute atomic E-state index is 4.65. The molecule has 1 aliphatic rings. The number of nitrogens with one attached hydrogen (secondary N) is 1. The average molecular weight is 248 g/mol. The van der Waals surface area contributed by atoms with E-state index in [2.05, 4.69) is 34.0 Å². The third kappa shape index (κ3) is 3.19. The third-order valence-corrected chi connectivity index (χ3v) is 3.65. The lowest BCUT2D eigenvalue weighted by Gasteiger charge is -2.37. The van der Waals surface area contributed by atoms with Gasteiger partial charge in [-0.3, -0.25) is 0 Å². The molecule has 0 unspecified atom stereocenters. The fourth-order valence-corrected chi connectivity index (χ4v) is 2.34. The van der Waals surface area contributed by atoms with Gasteiger partial charge in [-0.25, -0.2) is 9.97 Å². The van der Waals surface area contributed by atoms with Crippen molar-refractivity contribution in [3.05, 3.63) is 17.5 Å². The summed E-state index contributed by atoms with van der Waals surface area (Å²) in [6.45, 7) is 9.65. The number of aromatic nitrogens is 2. The number of hydrogen-bond donors (Lipinski definition) is 1. The zero-order chi connectivity index (χ0) is 13.2. The van der Waals surface area contributed by atoms with E-state index in [1.54, 1.807) is 0 Å². The van der Waals surface area contributed by atoms with Crippen LogP contribution in [0.3, 0.4) is 0 Å². The number of rotatable bonds is 3. The lowest BCUT2D eigenvalue weighted by Crippen LogP contribution is -2.38. The van der Waals surface area contributed by atoms with Crippen LogP contribution >= 0.6 is 0 Å². The van der Waals surface area contributed by atoms with Crippen LogP contribution < -0.4 is 10.2 Å². The first-order valence-corrected chi connectivity index (χ1v) is 6.74. The van der Waals surface area contributed by atoms with Crippen LogP contribution in [-0.4, -0.2) is 30.1 Å². The summed E-state index contributed by atoms with van der Waals surface area (Å²) in [5.41, 5.74) is 2.59. The number of anilines is 1. The zero-order valence-corrected chi connectivity index (χ0v) is 12.0. The van der Waals surface area contributed by atoms with Crippen LogP contribution in [0.5, 0.6) is 0 Å². The predicted octanol–water partition coefficient (Wildman–Crippen LogP) is 2.13. The molecule has 1 fully saturated rings. The lowest BCUT2D eigenvalue weighted by molar-refractivity contribution is 0.278. The molecule has 0 spiro atoms. The number of hydrogen-bond acceptors (Lipinski definition) is 4. The maximum atomic E-state index is 4.65. The lowest BCUT2D eigenvalue weighted by atomic mass is 9.83. The molecule has 0 bridgehead atoms. The molecule has 0 atom stereocenters. The summed E-state index contributed by atoms with van der Waals surface area (Å²) in [4.78, 5) is 11.5. The summed E-state index contributed by atoms with van der Waals surface area (Å²) in [5.74, 6) is 0.899. The van der Waals surface area contributed by atoms with Gasteiger partial charge in [0, 0.05) is 25.3 Å². The molecular weight excluding hydrogens is 224 g/mol. The van der Waals surface area contributed by atoms with Crippen LogP contribution in [0.2, 0.25) is 0 Å². The second-order valence-corrected chi connectivity index (χ2v) is 5.98. The third-order valence-electron chi connectivity index (χ3n) is 3.65. The van der Waals surface area contributed by atoms with E-state index >= 15 is 0 Å². The van der Waals surface area contributed by atoms with Crippen LogP contribution in [0, 0.1) is 12.3 Å². The van der Waals surface area contributed by atoms with Crippen molar-refractivity contribution >= 4 is 5.95 Å². The highest BCUT2D eigenvalue weighted by atomic mass is 15.3. The summed E-state index contributed by atoms with van der Waals surface area (Å²) < 4.78 is 0. The molecular formula is C14H24N4. The Morgan fingerprint density at radius 2 is 1.94 bits per heavy atom. The molecule has 0 aromatic carbocycles. The van der Waals surface area contributed by atoms with Gasteiger partial charge in [-0.05, 0) is 38.3 Å². The summed E-state index contributed by atoms with van der Waals surface area (Å²) in [6.07, 6.45) is 2.43. The first-order chi connectivity index (χ1) is 8.50. The smallest absolute Gasteiger partial charge is 0.225 e. The Kier molecular flexibility index (Phi) is 3.85. The van der Waals surface area contributed by atoms with Gasteiger partial charge >= 0.3 is 0 Å². The van der Waals surface area contributed by atoms with Crippen molar-refractivity contribution in [2.24, 2.45) is 5.41 Å².